The molecule has 0 aliphatic carbocycles. The molecule has 1 aliphatic rings. The lowest BCUT2D eigenvalue weighted by Crippen LogP contribution is -2.45. The standard InChI is InChI=1S/C9H12Br2N2OS/c10-8-5-7(15-9(8)11)6-12-13-1-3-14-4-2-13/h5,12H,1-4,6H2. The lowest BCUT2D eigenvalue weighted by Gasteiger charge is -2.26. The van der Waals surface area contributed by atoms with Crippen LogP contribution in [0.4, 0.5) is 0 Å². The predicted molar refractivity (Wildman–Crippen MR) is 69.0 cm³/mol. The Hall–Kier alpha value is 0.540. The summed E-state index contributed by atoms with van der Waals surface area (Å²) in [5.41, 5.74) is 3.40. The molecule has 15 heavy (non-hydrogen) atoms. The van der Waals surface area contributed by atoms with Gasteiger partial charge in [-0.1, -0.05) is 0 Å². The van der Waals surface area contributed by atoms with Crippen LogP contribution in [0.25, 0.3) is 0 Å². The number of nitrogens with zero attached hydrogens (tertiary/aromatic N) is 1. The second-order valence-corrected chi connectivity index (χ2v) is 6.58. The van der Waals surface area contributed by atoms with Crippen molar-refractivity contribution < 1.29 is 4.74 Å². The normalized spacial score (nSPS) is 18.3. The van der Waals surface area contributed by atoms with Crippen LogP contribution < -0.4 is 5.43 Å². The highest BCUT2D eigenvalue weighted by atomic mass is 79.9. The van der Waals surface area contributed by atoms with E-state index < -0.39 is 0 Å². The smallest absolute Gasteiger partial charge is 0.0843 e. The highest BCUT2D eigenvalue weighted by Crippen LogP contribution is 2.32. The Balaban J connectivity index is 1.81. The molecule has 0 spiro atoms. The molecule has 84 valence electrons. The van der Waals surface area contributed by atoms with Gasteiger partial charge in [0.05, 0.1) is 17.0 Å². The van der Waals surface area contributed by atoms with Crippen molar-refractivity contribution in [2.24, 2.45) is 0 Å². The van der Waals surface area contributed by atoms with Gasteiger partial charge in [0.2, 0.25) is 0 Å². The van der Waals surface area contributed by atoms with Crippen molar-refractivity contribution >= 4 is 43.2 Å². The van der Waals surface area contributed by atoms with Gasteiger partial charge in [-0.25, -0.2) is 10.4 Å². The number of morpholine rings is 1. The van der Waals surface area contributed by atoms with Gasteiger partial charge in [-0.05, 0) is 37.9 Å². The maximum absolute atomic E-state index is 5.28. The van der Waals surface area contributed by atoms with Crippen LogP contribution in [-0.2, 0) is 11.3 Å². The van der Waals surface area contributed by atoms with Crippen LogP contribution in [0.3, 0.4) is 0 Å². The molecule has 1 aliphatic heterocycles. The summed E-state index contributed by atoms with van der Waals surface area (Å²) in [5.74, 6) is 0. The Morgan fingerprint density at radius 2 is 2.13 bits per heavy atom. The Morgan fingerprint density at radius 1 is 1.40 bits per heavy atom. The molecule has 2 rings (SSSR count). The molecule has 1 aromatic heterocycles. The lowest BCUT2D eigenvalue weighted by atomic mass is 10.4. The van der Waals surface area contributed by atoms with Crippen molar-refractivity contribution in [3.8, 4) is 0 Å². The molecule has 0 bridgehead atoms. The van der Waals surface area contributed by atoms with E-state index >= 15 is 0 Å². The third-order valence-electron chi connectivity index (χ3n) is 2.18. The Labute approximate surface area is 110 Å². The fraction of sp³-hybridized carbons (Fsp3) is 0.556. The van der Waals surface area contributed by atoms with Crippen molar-refractivity contribution in [2.75, 3.05) is 26.3 Å². The van der Waals surface area contributed by atoms with E-state index in [1.165, 1.54) is 4.88 Å². The van der Waals surface area contributed by atoms with Crippen molar-refractivity contribution in [3.05, 3.63) is 19.2 Å². The summed E-state index contributed by atoms with van der Waals surface area (Å²) >= 11 is 8.73. The second kappa shape index (κ2) is 5.75. The molecule has 0 unspecified atom stereocenters. The van der Waals surface area contributed by atoms with Gasteiger partial charge in [0.25, 0.3) is 0 Å². The SMILES string of the molecule is Brc1cc(CNN2CCOCC2)sc1Br. The van der Waals surface area contributed by atoms with Gasteiger partial charge in [0.1, 0.15) is 0 Å². The number of rotatable bonds is 3. The molecule has 3 nitrogen and oxygen atoms in total. The van der Waals surface area contributed by atoms with E-state index in [0.717, 1.165) is 41.1 Å². The lowest BCUT2D eigenvalue weighted by molar-refractivity contribution is 0.0107. The maximum Gasteiger partial charge on any atom is 0.0843 e. The molecule has 0 atom stereocenters. The van der Waals surface area contributed by atoms with Crippen LogP contribution in [0.2, 0.25) is 0 Å². The highest BCUT2D eigenvalue weighted by Gasteiger charge is 2.10. The molecular weight excluding hydrogens is 344 g/mol. The first kappa shape index (κ1) is 12.0. The molecule has 0 amide bonds. The fourth-order valence-electron chi connectivity index (χ4n) is 1.39. The molecule has 1 saturated heterocycles. The quantitative estimate of drug-likeness (QED) is 0.901. The van der Waals surface area contributed by atoms with E-state index in [-0.39, 0.29) is 0 Å². The van der Waals surface area contributed by atoms with Crippen LogP contribution in [0, 0.1) is 0 Å². The van der Waals surface area contributed by atoms with E-state index in [1.807, 2.05) is 0 Å². The molecular formula is C9H12Br2N2OS. The third-order valence-corrected chi connectivity index (χ3v) is 5.44. The van der Waals surface area contributed by atoms with E-state index in [0.29, 0.717) is 0 Å². The first-order valence-corrected chi connectivity index (χ1v) is 7.16. The molecule has 1 aromatic rings. The van der Waals surface area contributed by atoms with Gasteiger partial charge < -0.3 is 4.74 Å². The first-order chi connectivity index (χ1) is 7.25. The maximum atomic E-state index is 5.28. The first-order valence-electron chi connectivity index (χ1n) is 4.75. The summed E-state index contributed by atoms with van der Waals surface area (Å²) < 4.78 is 7.57. The van der Waals surface area contributed by atoms with Gasteiger partial charge in [-0.2, -0.15) is 0 Å². The zero-order valence-electron chi connectivity index (χ0n) is 8.13. The van der Waals surface area contributed by atoms with Crippen molar-refractivity contribution in [1.29, 1.82) is 0 Å². The minimum absolute atomic E-state index is 0.824. The van der Waals surface area contributed by atoms with Crippen LogP contribution >= 0.6 is 43.2 Å². The number of hydrogen-bond donors (Lipinski definition) is 1. The minimum atomic E-state index is 0.824. The molecule has 6 heteroatoms. The largest absolute Gasteiger partial charge is 0.379 e. The van der Waals surface area contributed by atoms with Crippen LogP contribution in [-0.4, -0.2) is 31.3 Å². The Bertz CT molecular complexity index is 306. The van der Waals surface area contributed by atoms with E-state index in [1.54, 1.807) is 11.3 Å². The average molecular weight is 356 g/mol. The topological polar surface area (TPSA) is 24.5 Å². The second-order valence-electron chi connectivity index (χ2n) is 3.27. The number of hydrogen-bond acceptors (Lipinski definition) is 4. The van der Waals surface area contributed by atoms with Crippen LogP contribution in [0.5, 0.6) is 0 Å². The Morgan fingerprint density at radius 3 is 2.73 bits per heavy atom. The summed E-state index contributed by atoms with van der Waals surface area (Å²) in [6, 6.07) is 2.14. The van der Waals surface area contributed by atoms with Gasteiger partial charge in [-0.3, -0.25) is 0 Å². The zero-order valence-corrected chi connectivity index (χ0v) is 12.1. The van der Waals surface area contributed by atoms with Crippen LogP contribution in [0.1, 0.15) is 4.88 Å². The zero-order chi connectivity index (χ0) is 10.7. The van der Waals surface area contributed by atoms with E-state index in [4.69, 9.17) is 4.74 Å². The van der Waals surface area contributed by atoms with Gasteiger partial charge >= 0.3 is 0 Å². The average Bonchev–Trinajstić information content (AvgIpc) is 2.57. The minimum Gasteiger partial charge on any atom is -0.379 e. The predicted octanol–water partition coefficient (Wildman–Crippen LogP) is 2.61. The van der Waals surface area contributed by atoms with E-state index in [2.05, 4.69) is 48.4 Å². The highest BCUT2D eigenvalue weighted by molar-refractivity contribution is 9.13. The molecule has 1 N–H and O–H groups in total. The third kappa shape index (κ3) is 3.51. The van der Waals surface area contributed by atoms with Crippen molar-refractivity contribution in [1.82, 2.24) is 10.4 Å². The summed E-state index contributed by atoms with van der Waals surface area (Å²) in [5, 5.41) is 2.21. The molecule has 0 saturated carbocycles. The number of ether oxygens (including phenoxy) is 1. The molecule has 0 radical (unpaired) electrons. The summed E-state index contributed by atoms with van der Waals surface area (Å²) in [6.45, 7) is 4.46. The van der Waals surface area contributed by atoms with Crippen molar-refractivity contribution in [3.63, 3.8) is 0 Å². The summed E-state index contributed by atoms with van der Waals surface area (Å²) in [6.07, 6.45) is 0. The molecule has 2 heterocycles. The summed E-state index contributed by atoms with van der Waals surface area (Å²) in [7, 11) is 0. The summed E-state index contributed by atoms with van der Waals surface area (Å²) in [4.78, 5) is 1.32. The van der Waals surface area contributed by atoms with Gasteiger partial charge in [-0.15, -0.1) is 11.3 Å². The van der Waals surface area contributed by atoms with Crippen molar-refractivity contribution in [2.45, 2.75) is 6.54 Å². The Kier molecular flexibility index (Phi) is 4.60. The van der Waals surface area contributed by atoms with Gasteiger partial charge in [0.15, 0.2) is 0 Å². The number of halogens is 2. The van der Waals surface area contributed by atoms with Gasteiger partial charge in [0, 0.05) is 29.0 Å². The number of thiophene rings is 1. The van der Waals surface area contributed by atoms with Crippen LogP contribution in [0.15, 0.2) is 14.3 Å². The number of hydrazine groups is 1. The molecule has 1 fully saturated rings. The number of nitrogens with one attached hydrogen (secondary N) is 1. The molecule has 0 aromatic carbocycles. The van der Waals surface area contributed by atoms with E-state index in [9.17, 15) is 0 Å². The fourth-order valence-corrected chi connectivity index (χ4v) is 3.50. The monoisotopic (exact) mass is 354 g/mol.